The van der Waals surface area contributed by atoms with E-state index >= 15 is 0 Å². The summed E-state index contributed by atoms with van der Waals surface area (Å²) in [7, 11) is 1.79. The van der Waals surface area contributed by atoms with Gasteiger partial charge in [0.15, 0.2) is 0 Å². The van der Waals surface area contributed by atoms with Crippen molar-refractivity contribution in [1.29, 1.82) is 0 Å². The largest absolute Gasteiger partial charge is 0.344 e. The highest BCUT2D eigenvalue weighted by atomic mass is 16.2. The molecule has 1 aromatic heterocycles. The molecule has 5 heteroatoms. The van der Waals surface area contributed by atoms with Gasteiger partial charge in [-0.1, -0.05) is 19.3 Å². The summed E-state index contributed by atoms with van der Waals surface area (Å²) >= 11 is 0. The smallest absolute Gasteiger partial charge is 0.270 e. The SMILES string of the molecule is Cc1cc(C(=O)NC2(CN)CCCCC2)n(C)n1. The van der Waals surface area contributed by atoms with E-state index in [-0.39, 0.29) is 11.4 Å². The Labute approximate surface area is 108 Å². The molecule has 1 fully saturated rings. The monoisotopic (exact) mass is 250 g/mol. The third-order valence-electron chi connectivity index (χ3n) is 3.81. The Bertz CT molecular complexity index is 432. The van der Waals surface area contributed by atoms with Crippen LogP contribution in [0.2, 0.25) is 0 Å². The first kappa shape index (κ1) is 13.1. The maximum absolute atomic E-state index is 12.3. The Balaban J connectivity index is 2.12. The van der Waals surface area contributed by atoms with E-state index in [1.807, 2.05) is 13.0 Å². The second kappa shape index (κ2) is 5.10. The summed E-state index contributed by atoms with van der Waals surface area (Å²) in [5.74, 6) is -0.0644. The van der Waals surface area contributed by atoms with Gasteiger partial charge in [-0.2, -0.15) is 5.10 Å². The molecule has 18 heavy (non-hydrogen) atoms. The fourth-order valence-corrected chi connectivity index (χ4v) is 2.74. The summed E-state index contributed by atoms with van der Waals surface area (Å²) in [6.45, 7) is 2.39. The van der Waals surface area contributed by atoms with Crippen LogP contribution in [0.15, 0.2) is 6.07 Å². The molecule has 0 aliphatic heterocycles. The minimum absolute atomic E-state index is 0.0644. The number of aromatic nitrogens is 2. The molecule has 1 aliphatic rings. The number of carbonyl (C=O) groups excluding carboxylic acids is 1. The third kappa shape index (κ3) is 2.56. The Hall–Kier alpha value is -1.36. The molecule has 1 saturated carbocycles. The zero-order valence-corrected chi connectivity index (χ0v) is 11.2. The van der Waals surface area contributed by atoms with E-state index in [1.165, 1.54) is 6.42 Å². The number of hydrogen-bond donors (Lipinski definition) is 2. The van der Waals surface area contributed by atoms with Crippen molar-refractivity contribution >= 4 is 5.91 Å². The standard InChI is InChI=1S/C13H22N4O/c1-10-8-11(17(2)16-10)12(18)15-13(9-14)6-4-3-5-7-13/h8H,3-7,9,14H2,1-2H3,(H,15,18). The maximum atomic E-state index is 12.3. The lowest BCUT2D eigenvalue weighted by Crippen LogP contribution is -2.55. The number of nitrogens with one attached hydrogen (secondary N) is 1. The number of hydrogen-bond acceptors (Lipinski definition) is 3. The highest BCUT2D eigenvalue weighted by molar-refractivity contribution is 5.93. The van der Waals surface area contributed by atoms with E-state index in [0.29, 0.717) is 12.2 Å². The average Bonchev–Trinajstić information content (AvgIpc) is 2.70. The number of carbonyl (C=O) groups is 1. The quantitative estimate of drug-likeness (QED) is 0.844. The summed E-state index contributed by atoms with van der Waals surface area (Å²) in [6.07, 6.45) is 5.48. The van der Waals surface area contributed by atoms with Gasteiger partial charge < -0.3 is 11.1 Å². The number of rotatable bonds is 3. The maximum Gasteiger partial charge on any atom is 0.270 e. The van der Waals surface area contributed by atoms with E-state index in [0.717, 1.165) is 31.4 Å². The van der Waals surface area contributed by atoms with E-state index in [4.69, 9.17) is 5.73 Å². The topological polar surface area (TPSA) is 72.9 Å². The van der Waals surface area contributed by atoms with Gasteiger partial charge in [0.2, 0.25) is 0 Å². The van der Waals surface area contributed by atoms with Crippen molar-refractivity contribution in [2.24, 2.45) is 12.8 Å². The molecular weight excluding hydrogens is 228 g/mol. The molecule has 1 amide bonds. The van der Waals surface area contributed by atoms with Crippen LogP contribution < -0.4 is 11.1 Å². The first-order chi connectivity index (χ1) is 8.56. The van der Waals surface area contributed by atoms with Crippen molar-refractivity contribution in [3.8, 4) is 0 Å². The molecule has 0 spiro atoms. The van der Waals surface area contributed by atoms with Gasteiger partial charge in [-0.25, -0.2) is 0 Å². The lowest BCUT2D eigenvalue weighted by Gasteiger charge is -2.37. The van der Waals surface area contributed by atoms with E-state index in [2.05, 4.69) is 10.4 Å². The molecule has 2 rings (SSSR count). The van der Waals surface area contributed by atoms with Crippen LogP contribution >= 0.6 is 0 Å². The van der Waals surface area contributed by atoms with E-state index < -0.39 is 0 Å². The molecule has 5 nitrogen and oxygen atoms in total. The molecule has 1 aliphatic carbocycles. The second-order valence-electron chi connectivity index (χ2n) is 5.29. The van der Waals surface area contributed by atoms with Crippen LogP contribution in [-0.4, -0.2) is 27.8 Å². The van der Waals surface area contributed by atoms with Crippen LogP contribution in [0.25, 0.3) is 0 Å². The zero-order valence-electron chi connectivity index (χ0n) is 11.2. The van der Waals surface area contributed by atoms with Gasteiger partial charge in [-0.3, -0.25) is 9.48 Å². The molecule has 0 radical (unpaired) electrons. The van der Waals surface area contributed by atoms with E-state index in [1.54, 1.807) is 11.7 Å². The minimum atomic E-state index is -0.215. The Morgan fingerprint density at radius 2 is 2.17 bits per heavy atom. The predicted octanol–water partition coefficient (Wildman–Crippen LogP) is 1.12. The summed E-state index contributed by atoms with van der Waals surface area (Å²) in [4.78, 5) is 12.3. The molecule has 100 valence electrons. The molecule has 0 saturated heterocycles. The van der Waals surface area contributed by atoms with Gasteiger partial charge in [-0.05, 0) is 25.8 Å². The molecule has 1 aromatic rings. The highest BCUT2D eigenvalue weighted by Crippen LogP contribution is 2.27. The van der Waals surface area contributed by atoms with Crippen molar-refractivity contribution < 1.29 is 4.79 Å². The van der Waals surface area contributed by atoms with Crippen LogP contribution in [0, 0.1) is 6.92 Å². The lowest BCUT2D eigenvalue weighted by atomic mass is 9.81. The Morgan fingerprint density at radius 1 is 1.50 bits per heavy atom. The van der Waals surface area contributed by atoms with Gasteiger partial charge in [0, 0.05) is 13.6 Å². The number of aryl methyl sites for hydroxylation is 2. The van der Waals surface area contributed by atoms with Crippen molar-refractivity contribution in [2.45, 2.75) is 44.6 Å². The zero-order chi connectivity index (χ0) is 13.2. The highest BCUT2D eigenvalue weighted by Gasteiger charge is 2.33. The van der Waals surface area contributed by atoms with Gasteiger partial charge >= 0.3 is 0 Å². The fourth-order valence-electron chi connectivity index (χ4n) is 2.74. The summed E-state index contributed by atoms with van der Waals surface area (Å²) < 4.78 is 1.62. The van der Waals surface area contributed by atoms with Crippen molar-refractivity contribution in [2.75, 3.05) is 6.54 Å². The fraction of sp³-hybridized carbons (Fsp3) is 0.692. The molecule has 1 heterocycles. The molecule has 0 atom stereocenters. The Morgan fingerprint density at radius 3 is 2.67 bits per heavy atom. The summed E-state index contributed by atoms with van der Waals surface area (Å²) in [6, 6.07) is 1.81. The molecule has 3 N–H and O–H groups in total. The van der Waals surface area contributed by atoms with Crippen molar-refractivity contribution in [3.63, 3.8) is 0 Å². The van der Waals surface area contributed by atoms with Crippen LogP contribution in [-0.2, 0) is 7.05 Å². The minimum Gasteiger partial charge on any atom is -0.344 e. The Kier molecular flexibility index (Phi) is 3.71. The van der Waals surface area contributed by atoms with Crippen molar-refractivity contribution in [1.82, 2.24) is 15.1 Å². The van der Waals surface area contributed by atoms with Crippen LogP contribution in [0.1, 0.15) is 48.3 Å². The van der Waals surface area contributed by atoms with Gasteiger partial charge in [0.05, 0.1) is 11.2 Å². The van der Waals surface area contributed by atoms with Gasteiger partial charge in [0.1, 0.15) is 5.69 Å². The molecule has 0 unspecified atom stereocenters. The van der Waals surface area contributed by atoms with Crippen LogP contribution in [0.4, 0.5) is 0 Å². The molecule has 0 bridgehead atoms. The van der Waals surface area contributed by atoms with E-state index in [9.17, 15) is 4.79 Å². The summed E-state index contributed by atoms with van der Waals surface area (Å²) in [5.41, 5.74) is 7.11. The second-order valence-corrected chi connectivity index (χ2v) is 5.29. The van der Waals surface area contributed by atoms with Crippen molar-refractivity contribution in [3.05, 3.63) is 17.5 Å². The normalized spacial score (nSPS) is 18.6. The van der Waals surface area contributed by atoms with Gasteiger partial charge in [0.25, 0.3) is 5.91 Å². The summed E-state index contributed by atoms with van der Waals surface area (Å²) in [5, 5.41) is 7.33. The predicted molar refractivity (Wildman–Crippen MR) is 70.3 cm³/mol. The van der Waals surface area contributed by atoms with Crippen LogP contribution in [0.3, 0.4) is 0 Å². The molecule has 0 aromatic carbocycles. The van der Waals surface area contributed by atoms with Crippen LogP contribution in [0.5, 0.6) is 0 Å². The number of nitrogens with zero attached hydrogens (tertiary/aromatic N) is 2. The average molecular weight is 250 g/mol. The van der Waals surface area contributed by atoms with Gasteiger partial charge in [-0.15, -0.1) is 0 Å². The molecular formula is C13H22N4O. The number of nitrogens with two attached hydrogens (primary N) is 1. The number of amides is 1. The lowest BCUT2D eigenvalue weighted by molar-refractivity contribution is 0.0865. The first-order valence-electron chi connectivity index (χ1n) is 6.59. The third-order valence-corrected chi connectivity index (χ3v) is 3.81. The first-order valence-corrected chi connectivity index (χ1v) is 6.59.